The van der Waals surface area contributed by atoms with Gasteiger partial charge in [0.05, 0.1) is 0 Å². The third-order valence-electron chi connectivity index (χ3n) is 4.58. The summed E-state index contributed by atoms with van der Waals surface area (Å²) in [5.74, 6) is 1.05. The lowest BCUT2D eigenvalue weighted by molar-refractivity contribution is 0.102. The molecule has 2 aromatic heterocycles. The van der Waals surface area contributed by atoms with E-state index in [4.69, 9.17) is 4.74 Å². The second kappa shape index (κ2) is 7.45. The Hall–Kier alpha value is -3.42. The van der Waals surface area contributed by atoms with Gasteiger partial charge in [-0.25, -0.2) is 0 Å². The summed E-state index contributed by atoms with van der Waals surface area (Å²) in [5.41, 5.74) is 0.688. The number of carbonyl (C=O) groups is 1. The number of nitrogens with zero attached hydrogens (tertiary/aromatic N) is 2. The number of anilines is 1. The summed E-state index contributed by atoms with van der Waals surface area (Å²) in [6.45, 7) is 0.274. The fourth-order valence-electron chi connectivity index (χ4n) is 2.80. The molecule has 0 radical (unpaired) electrons. The molecule has 1 aromatic carbocycles. The second-order valence-corrected chi connectivity index (χ2v) is 6.48. The van der Waals surface area contributed by atoms with Crippen molar-refractivity contribution in [3.63, 3.8) is 0 Å². The standard InChI is InChI=1S/C19H19N5O3/c25-15-9-14(20-10-16(15)27-11-12-5-2-1-3-6-12)18(26)22-19-21-17(23-24-19)13-7-4-8-13/h1-3,5-6,9-10,13H,4,7-8,11H2,(H,20,25)(H2,21,22,23,24,26). The van der Waals surface area contributed by atoms with Crippen molar-refractivity contribution in [2.24, 2.45) is 0 Å². The quantitative estimate of drug-likeness (QED) is 0.621. The zero-order chi connectivity index (χ0) is 18.6. The molecule has 1 saturated carbocycles. The van der Waals surface area contributed by atoms with Crippen molar-refractivity contribution in [3.8, 4) is 5.75 Å². The van der Waals surface area contributed by atoms with E-state index in [0.717, 1.165) is 24.2 Å². The summed E-state index contributed by atoms with van der Waals surface area (Å²) >= 11 is 0. The van der Waals surface area contributed by atoms with E-state index < -0.39 is 5.91 Å². The van der Waals surface area contributed by atoms with Gasteiger partial charge in [0, 0.05) is 18.2 Å². The minimum atomic E-state index is -0.485. The molecule has 8 nitrogen and oxygen atoms in total. The van der Waals surface area contributed by atoms with E-state index in [1.54, 1.807) is 0 Å². The molecule has 138 valence electrons. The number of ether oxygens (including phenoxy) is 1. The minimum absolute atomic E-state index is 0.113. The highest BCUT2D eigenvalue weighted by Crippen LogP contribution is 2.34. The average Bonchev–Trinajstić information content (AvgIpc) is 3.07. The summed E-state index contributed by atoms with van der Waals surface area (Å²) in [7, 11) is 0. The van der Waals surface area contributed by atoms with Crippen molar-refractivity contribution in [3.05, 3.63) is 69.9 Å². The van der Waals surface area contributed by atoms with Crippen molar-refractivity contribution in [2.75, 3.05) is 5.32 Å². The zero-order valence-electron chi connectivity index (χ0n) is 14.6. The molecular formula is C19H19N5O3. The van der Waals surface area contributed by atoms with Crippen LogP contribution in [0.5, 0.6) is 5.75 Å². The SMILES string of the molecule is O=C(Nc1n[nH]c(C2CCC2)n1)c1cc(=O)c(OCc2ccccc2)c[nH]1. The van der Waals surface area contributed by atoms with Gasteiger partial charge in [-0.2, -0.15) is 4.98 Å². The Balaban J connectivity index is 1.39. The highest BCUT2D eigenvalue weighted by Gasteiger charge is 2.23. The number of hydrogen-bond donors (Lipinski definition) is 3. The van der Waals surface area contributed by atoms with Crippen molar-refractivity contribution >= 4 is 11.9 Å². The summed E-state index contributed by atoms with van der Waals surface area (Å²) in [6, 6.07) is 10.7. The van der Waals surface area contributed by atoms with E-state index in [1.165, 1.54) is 18.7 Å². The van der Waals surface area contributed by atoms with Gasteiger partial charge in [-0.1, -0.05) is 36.8 Å². The maximum Gasteiger partial charge on any atom is 0.274 e. The van der Waals surface area contributed by atoms with Crippen molar-refractivity contribution < 1.29 is 9.53 Å². The van der Waals surface area contributed by atoms with Gasteiger partial charge < -0.3 is 9.72 Å². The number of pyridine rings is 1. The molecule has 1 aliphatic rings. The van der Waals surface area contributed by atoms with Gasteiger partial charge in [-0.15, -0.1) is 5.10 Å². The van der Waals surface area contributed by atoms with Gasteiger partial charge in [0.15, 0.2) is 5.75 Å². The van der Waals surface area contributed by atoms with Crippen LogP contribution in [-0.2, 0) is 6.61 Å². The van der Waals surface area contributed by atoms with E-state index in [9.17, 15) is 9.59 Å². The van der Waals surface area contributed by atoms with Gasteiger partial charge in [-0.3, -0.25) is 20.0 Å². The number of rotatable bonds is 6. The van der Waals surface area contributed by atoms with Gasteiger partial charge in [-0.05, 0) is 18.4 Å². The monoisotopic (exact) mass is 365 g/mol. The molecule has 2 heterocycles. The molecule has 1 fully saturated rings. The fraction of sp³-hybridized carbons (Fsp3) is 0.263. The minimum Gasteiger partial charge on any atom is -0.483 e. The maximum atomic E-state index is 12.3. The Morgan fingerprint density at radius 3 is 2.78 bits per heavy atom. The molecule has 4 rings (SSSR count). The first kappa shape index (κ1) is 17.0. The maximum absolute atomic E-state index is 12.3. The highest BCUT2D eigenvalue weighted by molar-refractivity contribution is 6.01. The van der Waals surface area contributed by atoms with E-state index in [-0.39, 0.29) is 29.4 Å². The average molecular weight is 365 g/mol. The normalized spacial score (nSPS) is 13.8. The second-order valence-electron chi connectivity index (χ2n) is 6.48. The van der Waals surface area contributed by atoms with E-state index in [2.05, 4.69) is 25.5 Å². The van der Waals surface area contributed by atoms with Crippen LogP contribution in [0.4, 0.5) is 5.95 Å². The molecule has 3 aromatic rings. The Morgan fingerprint density at radius 2 is 2.07 bits per heavy atom. The van der Waals surface area contributed by atoms with Gasteiger partial charge in [0.2, 0.25) is 11.4 Å². The predicted octanol–water partition coefficient (Wildman–Crippen LogP) is 2.59. The van der Waals surface area contributed by atoms with Crippen LogP contribution in [0, 0.1) is 0 Å². The highest BCUT2D eigenvalue weighted by atomic mass is 16.5. The molecule has 0 saturated heterocycles. The van der Waals surface area contributed by atoms with Crippen molar-refractivity contribution in [1.82, 2.24) is 20.2 Å². The number of hydrogen-bond acceptors (Lipinski definition) is 5. The molecule has 0 atom stereocenters. The summed E-state index contributed by atoms with van der Waals surface area (Å²) in [4.78, 5) is 31.6. The van der Waals surface area contributed by atoms with Crippen LogP contribution in [0.3, 0.4) is 0 Å². The fourth-order valence-corrected chi connectivity index (χ4v) is 2.80. The van der Waals surface area contributed by atoms with Crippen LogP contribution < -0.4 is 15.5 Å². The lowest BCUT2D eigenvalue weighted by Gasteiger charge is -2.22. The molecule has 0 aliphatic heterocycles. The van der Waals surface area contributed by atoms with Crippen LogP contribution in [0.15, 0.2) is 47.4 Å². The molecule has 8 heteroatoms. The van der Waals surface area contributed by atoms with E-state index >= 15 is 0 Å². The van der Waals surface area contributed by atoms with Gasteiger partial charge in [0.25, 0.3) is 5.91 Å². The number of aromatic amines is 2. The van der Waals surface area contributed by atoms with Crippen LogP contribution in [0.25, 0.3) is 0 Å². The molecule has 1 amide bonds. The largest absolute Gasteiger partial charge is 0.483 e. The Morgan fingerprint density at radius 1 is 1.26 bits per heavy atom. The van der Waals surface area contributed by atoms with Crippen molar-refractivity contribution in [1.29, 1.82) is 0 Å². The van der Waals surface area contributed by atoms with Crippen LogP contribution in [-0.4, -0.2) is 26.1 Å². The third-order valence-corrected chi connectivity index (χ3v) is 4.58. The summed E-state index contributed by atoms with van der Waals surface area (Å²) < 4.78 is 5.52. The smallest absolute Gasteiger partial charge is 0.274 e. The number of amides is 1. The lowest BCUT2D eigenvalue weighted by Crippen LogP contribution is -2.18. The molecule has 1 aliphatic carbocycles. The third kappa shape index (κ3) is 3.89. The van der Waals surface area contributed by atoms with Gasteiger partial charge in [0.1, 0.15) is 18.1 Å². The Labute approximate surface area is 155 Å². The molecule has 0 spiro atoms. The Bertz CT molecular complexity index is 992. The summed E-state index contributed by atoms with van der Waals surface area (Å²) in [6.07, 6.45) is 4.74. The topological polar surface area (TPSA) is 113 Å². The van der Waals surface area contributed by atoms with Gasteiger partial charge >= 0.3 is 0 Å². The molecule has 0 bridgehead atoms. The van der Waals surface area contributed by atoms with E-state index in [1.807, 2.05) is 30.3 Å². The Kier molecular flexibility index (Phi) is 4.69. The number of aromatic nitrogens is 4. The molecule has 3 N–H and O–H groups in total. The summed E-state index contributed by atoms with van der Waals surface area (Å²) in [5, 5.41) is 9.44. The number of H-pyrrole nitrogens is 2. The van der Waals surface area contributed by atoms with Crippen LogP contribution >= 0.6 is 0 Å². The number of nitrogens with one attached hydrogen (secondary N) is 3. The van der Waals surface area contributed by atoms with Crippen LogP contribution in [0.1, 0.15) is 47.1 Å². The first-order chi connectivity index (χ1) is 13.2. The zero-order valence-corrected chi connectivity index (χ0v) is 14.6. The molecular weight excluding hydrogens is 346 g/mol. The number of benzene rings is 1. The van der Waals surface area contributed by atoms with Crippen molar-refractivity contribution in [2.45, 2.75) is 31.8 Å². The van der Waals surface area contributed by atoms with Crippen LogP contribution in [0.2, 0.25) is 0 Å². The predicted molar refractivity (Wildman–Crippen MR) is 98.8 cm³/mol. The molecule has 27 heavy (non-hydrogen) atoms. The first-order valence-electron chi connectivity index (χ1n) is 8.82. The first-order valence-corrected chi connectivity index (χ1v) is 8.82. The molecule has 0 unspecified atom stereocenters. The van der Waals surface area contributed by atoms with E-state index in [0.29, 0.717) is 5.92 Å². The lowest BCUT2D eigenvalue weighted by atomic mass is 9.85. The number of carbonyl (C=O) groups excluding carboxylic acids is 1.